The van der Waals surface area contributed by atoms with Gasteiger partial charge >= 0.3 is 5.97 Å². The number of carboxylic acids is 1. The molecule has 0 radical (unpaired) electrons. The number of carbonyl (C=O) groups is 1. The smallest absolute Gasteiger partial charge is 0.337 e. The monoisotopic (exact) mass is 295 g/mol. The highest BCUT2D eigenvalue weighted by Gasteiger charge is 2.11. The van der Waals surface area contributed by atoms with Crippen molar-refractivity contribution in [2.45, 2.75) is 6.54 Å². The second-order valence-electron chi connectivity index (χ2n) is 4.60. The van der Waals surface area contributed by atoms with Gasteiger partial charge in [0.05, 0.1) is 24.0 Å². The zero-order valence-corrected chi connectivity index (χ0v) is 11.5. The van der Waals surface area contributed by atoms with Crippen LogP contribution in [0.5, 0.6) is 0 Å². The first-order chi connectivity index (χ1) is 10.7. The van der Waals surface area contributed by atoms with Crippen LogP contribution in [-0.2, 0) is 6.54 Å². The van der Waals surface area contributed by atoms with E-state index in [9.17, 15) is 4.79 Å². The first-order valence-electron chi connectivity index (χ1n) is 6.60. The third-order valence-electron chi connectivity index (χ3n) is 3.02. The van der Waals surface area contributed by atoms with Gasteiger partial charge in [0.25, 0.3) is 0 Å². The van der Waals surface area contributed by atoms with Crippen molar-refractivity contribution in [3.63, 3.8) is 0 Å². The maximum absolute atomic E-state index is 11.1. The quantitative estimate of drug-likeness (QED) is 0.749. The van der Waals surface area contributed by atoms with Crippen molar-refractivity contribution in [1.82, 2.24) is 19.7 Å². The minimum absolute atomic E-state index is 0.120. The van der Waals surface area contributed by atoms with Gasteiger partial charge < -0.3 is 10.4 Å². The topological polar surface area (TPSA) is 92.9 Å². The summed E-state index contributed by atoms with van der Waals surface area (Å²) in [5, 5.41) is 16.3. The number of hydrogen-bond acceptors (Lipinski definition) is 5. The number of nitrogens with zero attached hydrogens (tertiary/aromatic N) is 4. The molecule has 0 amide bonds. The van der Waals surface area contributed by atoms with Crippen molar-refractivity contribution in [1.29, 1.82) is 0 Å². The van der Waals surface area contributed by atoms with Crippen LogP contribution in [0.2, 0.25) is 0 Å². The highest BCUT2D eigenvalue weighted by molar-refractivity contribution is 5.94. The lowest BCUT2D eigenvalue weighted by atomic mass is 10.2. The number of aromatic carboxylic acids is 1. The molecule has 110 valence electrons. The van der Waals surface area contributed by atoms with Crippen molar-refractivity contribution in [2.75, 3.05) is 5.32 Å². The molecule has 7 nitrogen and oxygen atoms in total. The Morgan fingerprint density at radius 1 is 1.23 bits per heavy atom. The summed E-state index contributed by atoms with van der Waals surface area (Å²) in [6.45, 7) is 0.592. The van der Waals surface area contributed by atoms with Crippen molar-refractivity contribution in [3.05, 3.63) is 66.2 Å². The predicted octanol–water partition coefficient (Wildman–Crippen LogP) is 2.16. The van der Waals surface area contributed by atoms with Crippen molar-refractivity contribution in [2.24, 2.45) is 0 Å². The van der Waals surface area contributed by atoms with Gasteiger partial charge in [0.2, 0.25) is 5.95 Å². The molecule has 1 aromatic carbocycles. The van der Waals surface area contributed by atoms with Crippen molar-refractivity contribution in [3.8, 4) is 0 Å². The molecule has 3 rings (SSSR count). The van der Waals surface area contributed by atoms with E-state index in [2.05, 4.69) is 20.4 Å². The van der Waals surface area contributed by atoms with E-state index in [0.29, 0.717) is 18.2 Å². The molecule has 0 saturated heterocycles. The first kappa shape index (κ1) is 13.7. The van der Waals surface area contributed by atoms with Gasteiger partial charge in [0.15, 0.2) is 0 Å². The summed E-state index contributed by atoms with van der Waals surface area (Å²) in [7, 11) is 0. The Morgan fingerprint density at radius 3 is 2.82 bits per heavy atom. The lowest BCUT2D eigenvalue weighted by Gasteiger charge is -2.05. The molecule has 0 bridgehead atoms. The van der Waals surface area contributed by atoms with Crippen LogP contribution in [0, 0.1) is 0 Å². The van der Waals surface area contributed by atoms with Crippen LogP contribution in [0.1, 0.15) is 15.9 Å². The molecule has 2 heterocycles. The van der Waals surface area contributed by atoms with Crippen LogP contribution in [-0.4, -0.2) is 30.8 Å². The summed E-state index contributed by atoms with van der Waals surface area (Å²) in [5.41, 5.74) is 1.58. The van der Waals surface area contributed by atoms with Crippen LogP contribution in [0.15, 0.2) is 55.1 Å². The molecule has 7 heteroatoms. The first-order valence-corrected chi connectivity index (χ1v) is 6.60. The maximum Gasteiger partial charge on any atom is 0.337 e. The van der Waals surface area contributed by atoms with Gasteiger partial charge in [-0.3, -0.25) is 4.98 Å². The maximum atomic E-state index is 11.1. The van der Waals surface area contributed by atoms with Crippen LogP contribution < -0.4 is 5.32 Å². The predicted molar refractivity (Wildman–Crippen MR) is 80.0 cm³/mol. The SMILES string of the molecule is O=C(O)c1ccncc1Nc1ncn(Cc2ccccc2)n1. The average Bonchev–Trinajstić information content (AvgIpc) is 2.96. The highest BCUT2D eigenvalue weighted by atomic mass is 16.4. The zero-order chi connectivity index (χ0) is 15.4. The van der Waals surface area contributed by atoms with Crippen LogP contribution in [0.25, 0.3) is 0 Å². The van der Waals surface area contributed by atoms with Gasteiger partial charge in [-0.15, -0.1) is 5.10 Å². The third-order valence-corrected chi connectivity index (χ3v) is 3.02. The second kappa shape index (κ2) is 6.04. The van der Waals surface area contributed by atoms with E-state index in [-0.39, 0.29) is 5.56 Å². The Labute approximate surface area is 126 Å². The van der Waals surface area contributed by atoms with E-state index < -0.39 is 5.97 Å². The van der Waals surface area contributed by atoms with E-state index in [1.165, 1.54) is 18.5 Å². The standard InChI is InChI=1S/C15H13N5O2/c21-14(22)12-6-7-16-8-13(12)18-15-17-10-20(19-15)9-11-4-2-1-3-5-11/h1-8,10H,9H2,(H,18,19)(H,21,22). The fourth-order valence-electron chi connectivity index (χ4n) is 2.00. The van der Waals surface area contributed by atoms with E-state index in [1.54, 1.807) is 11.0 Å². The number of hydrogen-bond donors (Lipinski definition) is 2. The minimum atomic E-state index is -1.03. The Bertz CT molecular complexity index is 785. The van der Waals surface area contributed by atoms with E-state index in [4.69, 9.17) is 5.11 Å². The summed E-state index contributed by atoms with van der Waals surface area (Å²) in [6.07, 6.45) is 4.45. The van der Waals surface area contributed by atoms with Gasteiger partial charge in [-0.1, -0.05) is 30.3 Å². The fourth-order valence-corrected chi connectivity index (χ4v) is 2.00. The Balaban J connectivity index is 1.76. The Morgan fingerprint density at radius 2 is 2.05 bits per heavy atom. The van der Waals surface area contributed by atoms with Gasteiger partial charge in [0.1, 0.15) is 6.33 Å². The lowest BCUT2D eigenvalue weighted by molar-refractivity contribution is 0.0698. The van der Waals surface area contributed by atoms with Crippen LogP contribution >= 0.6 is 0 Å². The molecule has 2 N–H and O–H groups in total. The third kappa shape index (κ3) is 3.09. The number of rotatable bonds is 5. The summed E-state index contributed by atoms with van der Waals surface area (Å²) < 4.78 is 1.68. The number of carboxylic acid groups (broad SMARTS) is 1. The number of anilines is 2. The number of pyridine rings is 1. The van der Waals surface area contributed by atoms with Crippen LogP contribution in [0.4, 0.5) is 11.6 Å². The molecule has 2 aromatic heterocycles. The normalized spacial score (nSPS) is 10.4. The molecule has 0 saturated carbocycles. The molecule has 0 aliphatic heterocycles. The molecule has 0 spiro atoms. The average molecular weight is 295 g/mol. The second-order valence-corrected chi connectivity index (χ2v) is 4.60. The molecule has 0 atom stereocenters. The lowest BCUT2D eigenvalue weighted by Crippen LogP contribution is -2.05. The molecule has 22 heavy (non-hydrogen) atoms. The summed E-state index contributed by atoms with van der Waals surface area (Å²) in [5.74, 6) is -0.708. The van der Waals surface area contributed by atoms with Gasteiger partial charge in [-0.2, -0.15) is 0 Å². The zero-order valence-electron chi connectivity index (χ0n) is 11.5. The molecule has 0 unspecified atom stereocenters. The minimum Gasteiger partial charge on any atom is -0.478 e. The van der Waals surface area contributed by atoms with Crippen LogP contribution in [0.3, 0.4) is 0 Å². The van der Waals surface area contributed by atoms with Crippen molar-refractivity contribution < 1.29 is 9.90 Å². The van der Waals surface area contributed by atoms with Gasteiger partial charge in [-0.05, 0) is 11.6 Å². The Kier molecular flexibility index (Phi) is 3.78. The molecular weight excluding hydrogens is 282 g/mol. The highest BCUT2D eigenvalue weighted by Crippen LogP contribution is 2.17. The van der Waals surface area contributed by atoms with Gasteiger partial charge in [-0.25, -0.2) is 14.5 Å². The number of aromatic nitrogens is 4. The molecule has 3 aromatic rings. The largest absolute Gasteiger partial charge is 0.478 e. The number of nitrogens with one attached hydrogen (secondary N) is 1. The van der Waals surface area contributed by atoms with E-state index >= 15 is 0 Å². The number of benzene rings is 1. The van der Waals surface area contributed by atoms with Crippen molar-refractivity contribution >= 4 is 17.6 Å². The van der Waals surface area contributed by atoms with E-state index in [0.717, 1.165) is 5.56 Å². The molecule has 0 aliphatic rings. The molecule has 0 aliphatic carbocycles. The fraction of sp³-hybridized carbons (Fsp3) is 0.0667. The summed E-state index contributed by atoms with van der Waals surface area (Å²) >= 11 is 0. The Hall–Kier alpha value is -3.22. The summed E-state index contributed by atoms with van der Waals surface area (Å²) in [6, 6.07) is 11.3. The molecule has 0 fully saturated rings. The summed E-state index contributed by atoms with van der Waals surface area (Å²) in [4.78, 5) is 19.2. The molecular formula is C15H13N5O2. The van der Waals surface area contributed by atoms with E-state index in [1.807, 2.05) is 30.3 Å². The van der Waals surface area contributed by atoms with Gasteiger partial charge in [0, 0.05) is 6.20 Å².